The molecular formula is C20H17FN8O2. The first-order valence-corrected chi connectivity index (χ1v) is 9.43. The normalized spacial score (nSPS) is 11.6. The van der Waals surface area contributed by atoms with Gasteiger partial charge in [0.2, 0.25) is 0 Å². The van der Waals surface area contributed by atoms with Gasteiger partial charge in [0.1, 0.15) is 23.0 Å². The van der Waals surface area contributed by atoms with Crippen molar-refractivity contribution in [3.05, 3.63) is 70.0 Å². The summed E-state index contributed by atoms with van der Waals surface area (Å²) >= 11 is 0. The Morgan fingerprint density at radius 1 is 1.00 bits per heavy atom. The van der Waals surface area contributed by atoms with Gasteiger partial charge in [-0.2, -0.15) is 5.10 Å². The Balaban J connectivity index is 1.79. The third-order valence-electron chi connectivity index (χ3n) is 5.02. The van der Waals surface area contributed by atoms with Crippen molar-refractivity contribution < 1.29 is 9.13 Å². The Labute approximate surface area is 174 Å². The number of methoxy groups -OCH3 is 1. The minimum absolute atomic E-state index is 0.139. The summed E-state index contributed by atoms with van der Waals surface area (Å²) in [6, 6.07) is 7.76. The summed E-state index contributed by atoms with van der Waals surface area (Å²) in [5.41, 5.74) is 2.68. The molecule has 10 nitrogen and oxygen atoms in total. The number of aryl methyl sites for hydroxylation is 2. The van der Waals surface area contributed by atoms with Crippen LogP contribution in [0.15, 0.2) is 41.3 Å². The number of hydrogen-bond acceptors (Lipinski definition) is 7. The van der Waals surface area contributed by atoms with Crippen LogP contribution in [-0.2, 0) is 11.3 Å². The number of fused-ring (bicyclic) bond motifs is 3. The van der Waals surface area contributed by atoms with E-state index >= 15 is 0 Å². The van der Waals surface area contributed by atoms with Crippen molar-refractivity contribution in [1.29, 1.82) is 0 Å². The Morgan fingerprint density at radius 3 is 2.39 bits per heavy atom. The van der Waals surface area contributed by atoms with Crippen molar-refractivity contribution >= 4 is 16.7 Å². The molecule has 0 atom stereocenters. The molecule has 0 saturated carbocycles. The van der Waals surface area contributed by atoms with Gasteiger partial charge in [-0.1, -0.05) is 12.1 Å². The highest BCUT2D eigenvalue weighted by molar-refractivity contribution is 5.84. The number of pyridine rings is 1. The lowest BCUT2D eigenvalue weighted by Crippen LogP contribution is -2.28. The van der Waals surface area contributed by atoms with Crippen LogP contribution < -0.4 is 5.56 Å². The molecule has 0 aliphatic carbocycles. The second-order valence-corrected chi connectivity index (χ2v) is 7.00. The van der Waals surface area contributed by atoms with Crippen LogP contribution in [0.5, 0.6) is 0 Å². The summed E-state index contributed by atoms with van der Waals surface area (Å²) in [7, 11) is 1.56. The van der Waals surface area contributed by atoms with E-state index in [1.54, 1.807) is 54.5 Å². The number of nitrogens with zero attached hydrogens (tertiary/aromatic N) is 8. The van der Waals surface area contributed by atoms with Crippen molar-refractivity contribution in [3.8, 4) is 11.1 Å². The molecule has 0 spiro atoms. The molecule has 156 valence electrons. The van der Waals surface area contributed by atoms with Crippen LogP contribution in [-0.4, -0.2) is 46.5 Å². The number of ether oxygens (including phenoxy) is 1. The average molecular weight is 420 g/mol. The van der Waals surface area contributed by atoms with Gasteiger partial charge in [-0.25, -0.2) is 18.3 Å². The zero-order valence-corrected chi connectivity index (χ0v) is 16.9. The fourth-order valence-corrected chi connectivity index (χ4v) is 3.66. The molecule has 0 radical (unpaired) electrons. The quantitative estimate of drug-likeness (QED) is 0.437. The van der Waals surface area contributed by atoms with Gasteiger partial charge in [-0.05, 0) is 37.6 Å². The van der Waals surface area contributed by atoms with Crippen LogP contribution >= 0.6 is 0 Å². The molecule has 31 heavy (non-hydrogen) atoms. The first-order valence-electron chi connectivity index (χ1n) is 9.43. The van der Waals surface area contributed by atoms with Gasteiger partial charge in [0.15, 0.2) is 11.2 Å². The number of aromatic nitrogens is 8. The lowest BCUT2D eigenvalue weighted by molar-refractivity contribution is 0.181. The Kier molecular flexibility index (Phi) is 4.33. The van der Waals surface area contributed by atoms with Crippen LogP contribution in [0.2, 0.25) is 0 Å². The first-order chi connectivity index (χ1) is 15.0. The topological polar surface area (TPSA) is 105 Å². The van der Waals surface area contributed by atoms with E-state index in [4.69, 9.17) is 4.74 Å². The summed E-state index contributed by atoms with van der Waals surface area (Å²) in [4.78, 5) is 13.2. The van der Waals surface area contributed by atoms with E-state index in [0.717, 1.165) is 5.56 Å². The van der Waals surface area contributed by atoms with Crippen LogP contribution in [0.1, 0.15) is 17.3 Å². The molecule has 0 bridgehead atoms. The maximum atomic E-state index is 13.4. The fraction of sp³-hybridized carbons (Fsp3) is 0.200. The third-order valence-corrected chi connectivity index (χ3v) is 5.02. The monoisotopic (exact) mass is 420 g/mol. The second-order valence-electron chi connectivity index (χ2n) is 7.00. The van der Waals surface area contributed by atoms with E-state index in [1.165, 1.54) is 16.8 Å². The summed E-state index contributed by atoms with van der Waals surface area (Å²) < 4.78 is 23.3. The van der Waals surface area contributed by atoms with E-state index in [0.29, 0.717) is 34.1 Å². The minimum atomic E-state index is -0.384. The maximum Gasteiger partial charge on any atom is 0.299 e. The zero-order chi connectivity index (χ0) is 21.7. The van der Waals surface area contributed by atoms with Crippen molar-refractivity contribution in [2.24, 2.45) is 0 Å². The number of hydrogen-bond donors (Lipinski definition) is 0. The first kappa shape index (κ1) is 19.0. The third kappa shape index (κ3) is 2.89. The van der Waals surface area contributed by atoms with Crippen LogP contribution in [0.25, 0.3) is 27.8 Å². The molecule has 0 unspecified atom stereocenters. The van der Waals surface area contributed by atoms with Crippen molar-refractivity contribution in [2.45, 2.75) is 20.5 Å². The lowest BCUT2D eigenvalue weighted by Gasteiger charge is -2.10. The van der Waals surface area contributed by atoms with Crippen molar-refractivity contribution in [2.75, 3.05) is 7.11 Å². The molecule has 0 N–H and O–H groups in total. The fourth-order valence-electron chi connectivity index (χ4n) is 3.66. The molecule has 0 aliphatic rings. The lowest BCUT2D eigenvalue weighted by atomic mass is 10.1. The van der Waals surface area contributed by atoms with E-state index in [9.17, 15) is 9.18 Å². The van der Waals surface area contributed by atoms with Gasteiger partial charge in [0.25, 0.3) is 5.56 Å². The van der Waals surface area contributed by atoms with Crippen LogP contribution in [0, 0.1) is 19.7 Å². The smallest absolute Gasteiger partial charge is 0.299 e. The van der Waals surface area contributed by atoms with Gasteiger partial charge < -0.3 is 4.74 Å². The van der Waals surface area contributed by atoms with E-state index in [1.807, 2.05) is 0 Å². The predicted octanol–water partition coefficient (Wildman–Crippen LogP) is 1.91. The Hall–Kier alpha value is -3.99. The molecular weight excluding hydrogens is 403 g/mol. The molecule has 5 aromatic rings. The molecule has 11 heteroatoms. The minimum Gasteiger partial charge on any atom is -0.378 e. The molecule has 0 amide bonds. The molecule has 4 aromatic heterocycles. The van der Waals surface area contributed by atoms with Crippen molar-refractivity contribution in [1.82, 2.24) is 39.4 Å². The summed E-state index contributed by atoms with van der Waals surface area (Å²) in [5, 5.41) is 21.1. The molecule has 0 fully saturated rings. The summed E-state index contributed by atoms with van der Waals surface area (Å²) in [6.07, 6.45) is 1.62. The van der Waals surface area contributed by atoms with E-state index in [-0.39, 0.29) is 23.5 Å². The van der Waals surface area contributed by atoms with Crippen molar-refractivity contribution in [3.63, 3.8) is 0 Å². The van der Waals surface area contributed by atoms with Crippen LogP contribution in [0.4, 0.5) is 4.39 Å². The van der Waals surface area contributed by atoms with E-state index in [2.05, 4.69) is 25.5 Å². The summed E-state index contributed by atoms with van der Waals surface area (Å²) in [5.74, 6) is 0.784. The molecule has 0 aliphatic heterocycles. The highest BCUT2D eigenvalue weighted by Gasteiger charge is 2.20. The highest BCUT2D eigenvalue weighted by atomic mass is 19.1. The Bertz CT molecular complexity index is 1480. The molecule has 1 aromatic carbocycles. The number of rotatable bonds is 4. The van der Waals surface area contributed by atoms with E-state index < -0.39 is 0 Å². The summed E-state index contributed by atoms with van der Waals surface area (Å²) in [6.45, 7) is 3.73. The Morgan fingerprint density at radius 2 is 1.71 bits per heavy atom. The maximum absolute atomic E-state index is 13.4. The number of halogens is 1. The van der Waals surface area contributed by atoms with Gasteiger partial charge in [0.05, 0.1) is 17.9 Å². The number of benzene rings is 1. The molecule has 5 rings (SSSR count). The SMILES string of the molecule is COCc1nn2c(nnc3c(=O)n(-n4c(C)nnc4C)ccc32)c1-c1ccc(F)cc1. The van der Waals surface area contributed by atoms with Gasteiger partial charge in [-0.15, -0.1) is 20.4 Å². The predicted molar refractivity (Wildman–Crippen MR) is 109 cm³/mol. The highest BCUT2D eigenvalue weighted by Crippen LogP contribution is 2.29. The largest absolute Gasteiger partial charge is 0.378 e. The second kappa shape index (κ2) is 7.06. The standard InChI is InChI=1S/C20H17FN8O2/c1-11-22-23-12(2)29(11)27-9-8-16-18(20(27)30)24-25-19-17(13-4-6-14(21)7-5-13)15(10-31-3)26-28(16)19/h4-9H,10H2,1-3H3. The zero-order valence-electron chi connectivity index (χ0n) is 16.9. The van der Waals surface area contributed by atoms with Gasteiger partial charge in [0, 0.05) is 13.3 Å². The molecule has 4 heterocycles. The van der Waals surface area contributed by atoms with Gasteiger partial charge >= 0.3 is 0 Å². The molecule has 0 saturated heterocycles. The van der Waals surface area contributed by atoms with Gasteiger partial charge in [-0.3, -0.25) is 4.79 Å². The van der Waals surface area contributed by atoms with Crippen LogP contribution in [0.3, 0.4) is 0 Å². The average Bonchev–Trinajstić information content (AvgIpc) is 3.29.